The summed E-state index contributed by atoms with van der Waals surface area (Å²) in [5.74, 6) is 0.681. The molecule has 154 valence electrons. The van der Waals surface area contributed by atoms with E-state index in [1.165, 1.54) is 13.0 Å². The van der Waals surface area contributed by atoms with Crippen LogP contribution in [0.2, 0.25) is 0 Å². The molecule has 1 saturated heterocycles. The standard InChI is InChI=1S/C21H34ClFN2O2/c1-16(23)14-19(22)20(24-2)18-6-4-17(5-7-18)8-11-25-21(15-26-3)9-12-27-13-10-21/h14,17-18,25H,2,4-13,15H2,1,3H3/b16-14+,20-19+. The lowest BCUT2D eigenvalue weighted by atomic mass is 9.79. The monoisotopic (exact) mass is 400 g/mol. The van der Waals surface area contributed by atoms with Gasteiger partial charge in [-0.1, -0.05) is 11.6 Å². The van der Waals surface area contributed by atoms with Crippen LogP contribution in [-0.2, 0) is 9.47 Å². The Hall–Kier alpha value is -0.750. The Labute approximate surface area is 168 Å². The number of hydrogen-bond acceptors (Lipinski definition) is 4. The second-order valence-electron chi connectivity index (χ2n) is 7.88. The van der Waals surface area contributed by atoms with Crippen LogP contribution in [0.3, 0.4) is 0 Å². The molecular weight excluding hydrogens is 367 g/mol. The van der Waals surface area contributed by atoms with E-state index in [2.05, 4.69) is 17.0 Å². The van der Waals surface area contributed by atoms with Crippen molar-refractivity contribution in [2.24, 2.45) is 16.8 Å². The van der Waals surface area contributed by atoms with Crippen molar-refractivity contribution in [3.05, 3.63) is 22.6 Å². The third-order valence-electron chi connectivity index (χ3n) is 5.90. The van der Waals surface area contributed by atoms with Crippen LogP contribution in [0.25, 0.3) is 0 Å². The normalized spacial score (nSPS) is 27.2. The van der Waals surface area contributed by atoms with Crippen molar-refractivity contribution in [2.75, 3.05) is 33.5 Å². The molecule has 0 aromatic rings. The van der Waals surface area contributed by atoms with Gasteiger partial charge in [0.05, 0.1) is 23.2 Å². The van der Waals surface area contributed by atoms with Crippen molar-refractivity contribution in [1.29, 1.82) is 0 Å². The fourth-order valence-corrected chi connectivity index (χ4v) is 4.69. The summed E-state index contributed by atoms with van der Waals surface area (Å²) in [6, 6.07) is 0. The van der Waals surface area contributed by atoms with Crippen LogP contribution in [0.4, 0.5) is 4.39 Å². The molecular formula is C21H34ClFN2O2. The third-order valence-corrected chi connectivity index (χ3v) is 6.20. The summed E-state index contributed by atoms with van der Waals surface area (Å²) in [6.07, 6.45) is 8.88. The average molecular weight is 401 g/mol. The van der Waals surface area contributed by atoms with Gasteiger partial charge in [-0.15, -0.1) is 0 Å². The van der Waals surface area contributed by atoms with E-state index < -0.39 is 0 Å². The molecule has 0 bridgehead atoms. The summed E-state index contributed by atoms with van der Waals surface area (Å²) < 4.78 is 24.1. The van der Waals surface area contributed by atoms with Crippen LogP contribution >= 0.6 is 11.6 Å². The van der Waals surface area contributed by atoms with Crippen LogP contribution in [0.15, 0.2) is 27.6 Å². The Balaban J connectivity index is 1.80. The van der Waals surface area contributed by atoms with E-state index in [0.717, 1.165) is 77.0 Å². The van der Waals surface area contributed by atoms with Crippen molar-refractivity contribution < 1.29 is 13.9 Å². The first-order valence-corrected chi connectivity index (χ1v) is 10.4. The lowest BCUT2D eigenvalue weighted by molar-refractivity contribution is 0.0000219. The van der Waals surface area contributed by atoms with Gasteiger partial charge in [-0.25, -0.2) is 4.39 Å². The van der Waals surface area contributed by atoms with Gasteiger partial charge in [0.15, 0.2) is 0 Å². The lowest BCUT2D eigenvalue weighted by Gasteiger charge is -2.38. The molecule has 6 heteroatoms. The molecule has 1 N–H and O–H groups in total. The number of halogens is 2. The lowest BCUT2D eigenvalue weighted by Crippen LogP contribution is -2.53. The molecule has 0 aromatic heterocycles. The highest BCUT2D eigenvalue weighted by atomic mass is 35.5. The zero-order valence-electron chi connectivity index (χ0n) is 16.7. The van der Waals surface area contributed by atoms with E-state index in [-0.39, 0.29) is 17.3 Å². The first-order chi connectivity index (χ1) is 13.0. The third kappa shape index (κ3) is 6.97. The van der Waals surface area contributed by atoms with Crippen molar-refractivity contribution in [1.82, 2.24) is 5.32 Å². The number of nitrogens with one attached hydrogen (secondary N) is 1. The van der Waals surface area contributed by atoms with Crippen LogP contribution in [0.5, 0.6) is 0 Å². The summed E-state index contributed by atoms with van der Waals surface area (Å²) in [7, 11) is 1.77. The largest absolute Gasteiger partial charge is 0.383 e. The molecule has 2 fully saturated rings. The van der Waals surface area contributed by atoms with E-state index in [0.29, 0.717) is 11.0 Å². The number of hydrogen-bond donors (Lipinski definition) is 1. The van der Waals surface area contributed by atoms with Gasteiger partial charge in [0.25, 0.3) is 0 Å². The molecule has 0 unspecified atom stereocenters. The zero-order chi connectivity index (χ0) is 19.7. The maximum atomic E-state index is 13.1. The second kappa shape index (κ2) is 11.3. The van der Waals surface area contributed by atoms with Gasteiger partial charge in [0.2, 0.25) is 0 Å². The molecule has 1 aliphatic carbocycles. The molecule has 27 heavy (non-hydrogen) atoms. The highest BCUT2D eigenvalue weighted by Gasteiger charge is 2.32. The Morgan fingerprint density at radius 2 is 2.00 bits per heavy atom. The molecule has 1 heterocycles. The Bertz CT molecular complexity index is 527. The predicted octanol–water partition coefficient (Wildman–Crippen LogP) is 4.99. The van der Waals surface area contributed by atoms with Gasteiger partial charge < -0.3 is 14.8 Å². The van der Waals surface area contributed by atoms with E-state index >= 15 is 0 Å². The first kappa shape index (κ1) is 22.5. The van der Waals surface area contributed by atoms with Gasteiger partial charge in [-0.3, -0.25) is 4.99 Å². The number of nitrogens with zero attached hydrogens (tertiary/aromatic N) is 1. The molecule has 0 aromatic carbocycles. The number of rotatable bonds is 9. The van der Waals surface area contributed by atoms with Gasteiger partial charge in [-0.2, -0.15) is 0 Å². The minimum Gasteiger partial charge on any atom is -0.383 e. The van der Waals surface area contributed by atoms with Gasteiger partial charge in [-0.05, 0) is 77.1 Å². The van der Waals surface area contributed by atoms with Crippen LogP contribution in [-0.4, -0.2) is 45.7 Å². The summed E-state index contributed by atoms with van der Waals surface area (Å²) in [5, 5.41) is 4.14. The number of allylic oxidation sites excluding steroid dienone is 4. The minimum atomic E-state index is -0.306. The minimum absolute atomic E-state index is 0.0664. The summed E-state index contributed by atoms with van der Waals surface area (Å²) in [5.41, 5.74) is 0.809. The van der Waals surface area contributed by atoms with Crippen molar-refractivity contribution in [3.8, 4) is 0 Å². The van der Waals surface area contributed by atoms with Gasteiger partial charge in [0, 0.05) is 31.8 Å². The summed E-state index contributed by atoms with van der Waals surface area (Å²) >= 11 is 6.22. The smallest absolute Gasteiger partial charge is 0.0984 e. The Morgan fingerprint density at radius 1 is 1.33 bits per heavy atom. The Kier molecular flexibility index (Phi) is 9.43. The highest BCUT2D eigenvalue weighted by Crippen LogP contribution is 2.37. The second-order valence-corrected chi connectivity index (χ2v) is 8.29. The number of aliphatic imine (C=N–C) groups is 1. The molecule has 1 saturated carbocycles. The molecule has 1 aliphatic heterocycles. The summed E-state index contributed by atoms with van der Waals surface area (Å²) in [6.45, 7) is 8.38. The predicted molar refractivity (Wildman–Crippen MR) is 110 cm³/mol. The Morgan fingerprint density at radius 3 is 2.56 bits per heavy atom. The van der Waals surface area contributed by atoms with Crippen molar-refractivity contribution in [2.45, 2.75) is 57.4 Å². The quantitative estimate of drug-likeness (QED) is 0.437. The van der Waals surface area contributed by atoms with E-state index in [9.17, 15) is 4.39 Å². The van der Waals surface area contributed by atoms with Gasteiger partial charge >= 0.3 is 0 Å². The molecule has 2 rings (SSSR count). The highest BCUT2D eigenvalue weighted by molar-refractivity contribution is 6.31. The number of methoxy groups -OCH3 is 1. The SMILES string of the molecule is C=N/C(=C(Cl)\C=C(/C)F)C1CCC(CCNC2(COC)CCOCC2)CC1. The molecule has 4 nitrogen and oxygen atoms in total. The number of ether oxygens (including phenoxy) is 2. The van der Waals surface area contributed by atoms with Crippen LogP contribution in [0, 0.1) is 11.8 Å². The van der Waals surface area contributed by atoms with E-state index in [1.54, 1.807) is 7.11 Å². The average Bonchev–Trinajstić information content (AvgIpc) is 2.64. The molecule has 0 spiro atoms. The maximum Gasteiger partial charge on any atom is 0.0984 e. The zero-order valence-corrected chi connectivity index (χ0v) is 17.5. The van der Waals surface area contributed by atoms with Crippen molar-refractivity contribution in [3.63, 3.8) is 0 Å². The van der Waals surface area contributed by atoms with E-state index in [4.69, 9.17) is 21.1 Å². The first-order valence-electron chi connectivity index (χ1n) is 10.0. The van der Waals surface area contributed by atoms with Gasteiger partial charge in [0.1, 0.15) is 0 Å². The molecule has 2 aliphatic rings. The molecule has 0 atom stereocenters. The van der Waals surface area contributed by atoms with Crippen LogP contribution < -0.4 is 5.32 Å². The topological polar surface area (TPSA) is 42.9 Å². The summed E-state index contributed by atoms with van der Waals surface area (Å²) in [4.78, 5) is 4.09. The van der Waals surface area contributed by atoms with Crippen LogP contribution in [0.1, 0.15) is 51.9 Å². The molecule has 0 amide bonds. The molecule has 0 radical (unpaired) electrons. The van der Waals surface area contributed by atoms with Crippen molar-refractivity contribution >= 4 is 18.3 Å². The fraction of sp³-hybridized carbons (Fsp3) is 0.762. The maximum absolute atomic E-state index is 13.1. The fourth-order valence-electron chi connectivity index (χ4n) is 4.32. The van der Waals surface area contributed by atoms with E-state index in [1.807, 2.05) is 0 Å².